The van der Waals surface area contributed by atoms with Gasteiger partial charge in [-0.15, -0.1) is 0 Å². The van der Waals surface area contributed by atoms with Gasteiger partial charge in [-0.05, 0) is 37.1 Å². The van der Waals surface area contributed by atoms with Crippen LogP contribution in [0, 0.1) is 5.92 Å². The Kier molecular flexibility index (Phi) is 5.54. The Balaban J connectivity index is 1.62. The van der Waals surface area contributed by atoms with E-state index in [1.54, 1.807) is 17.8 Å². The number of rotatable bonds is 4. The molecule has 1 fully saturated rings. The number of thioether (sulfide) groups is 1. The zero-order valence-electron chi connectivity index (χ0n) is 14.9. The molecule has 1 amide bonds. The minimum Gasteiger partial charge on any atom is -0.504 e. The predicted octanol–water partition coefficient (Wildman–Crippen LogP) is 1.82. The summed E-state index contributed by atoms with van der Waals surface area (Å²) in [6, 6.07) is 5.34. The van der Waals surface area contributed by atoms with Crippen LogP contribution in [0.25, 0.3) is 0 Å². The van der Waals surface area contributed by atoms with E-state index in [2.05, 4.69) is 28.8 Å². The van der Waals surface area contributed by atoms with E-state index in [0.29, 0.717) is 5.75 Å². The largest absolute Gasteiger partial charge is 0.504 e. The summed E-state index contributed by atoms with van der Waals surface area (Å²) in [5, 5.41) is 10.4. The second-order valence-corrected chi connectivity index (χ2v) is 7.86. The Morgan fingerprint density at radius 2 is 2.08 bits per heavy atom. The van der Waals surface area contributed by atoms with Crippen molar-refractivity contribution < 1.29 is 14.6 Å². The van der Waals surface area contributed by atoms with E-state index >= 15 is 0 Å². The molecule has 0 bridgehead atoms. The van der Waals surface area contributed by atoms with E-state index in [9.17, 15) is 9.90 Å². The first-order chi connectivity index (χ1) is 12.0. The van der Waals surface area contributed by atoms with Crippen molar-refractivity contribution in [2.24, 2.45) is 10.9 Å². The second kappa shape index (κ2) is 7.66. The highest BCUT2D eigenvalue weighted by Crippen LogP contribution is 2.33. The van der Waals surface area contributed by atoms with Crippen molar-refractivity contribution in [3.8, 4) is 11.5 Å². The first kappa shape index (κ1) is 18.1. The highest BCUT2D eigenvalue weighted by atomic mass is 32.2. The number of amides is 1. The lowest BCUT2D eigenvalue weighted by Crippen LogP contribution is -2.46. The summed E-state index contributed by atoms with van der Waals surface area (Å²) in [4.78, 5) is 21.2. The van der Waals surface area contributed by atoms with E-state index in [1.165, 1.54) is 7.11 Å². The number of benzene rings is 1. The number of aliphatic imine (C=N–C) groups is 1. The van der Waals surface area contributed by atoms with Gasteiger partial charge in [0.15, 0.2) is 16.7 Å². The number of carbonyl (C=O) groups excluding carboxylic acids is 1. The molecule has 2 aliphatic rings. The van der Waals surface area contributed by atoms with Gasteiger partial charge in [0, 0.05) is 26.2 Å². The summed E-state index contributed by atoms with van der Waals surface area (Å²) < 4.78 is 5.16. The molecule has 0 aromatic heterocycles. The van der Waals surface area contributed by atoms with E-state index in [4.69, 9.17) is 4.74 Å². The molecule has 7 heteroatoms. The fourth-order valence-corrected chi connectivity index (χ4v) is 4.36. The van der Waals surface area contributed by atoms with Gasteiger partial charge >= 0.3 is 0 Å². The van der Waals surface area contributed by atoms with Crippen LogP contribution in [0.2, 0.25) is 0 Å². The van der Waals surface area contributed by atoms with Crippen molar-refractivity contribution in [1.29, 1.82) is 0 Å². The summed E-state index contributed by atoms with van der Waals surface area (Å²) in [5.74, 6) is 0.716. The third-order valence-electron chi connectivity index (χ3n) is 4.77. The van der Waals surface area contributed by atoms with E-state index in [0.717, 1.165) is 43.3 Å². The number of methoxy groups -OCH3 is 1. The van der Waals surface area contributed by atoms with Crippen molar-refractivity contribution in [1.82, 2.24) is 9.80 Å². The molecule has 0 spiro atoms. The van der Waals surface area contributed by atoms with Crippen LogP contribution >= 0.6 is 11.8 Å². The van der Waals surface area contributed by atoms with Gasteiger partial charge in [-0.2, -0.15) is 4.99 Å². The molecule has 2 unspecified atom stereocenters. The number of nitrogens with zero attached hydrogens (tertiary/aromatic N) is 3. The lowest BCUT2D eigenvalue weighted by molar-refractivity contribution is -0.117. The van der Waals surface area contributed by atoms with Crippen molar-refractivity contribution in [3.63, 3.8) is 0 Å². The highest BCUT2D eigenvalue weighted by Gasteiger charge is 2.35. The lowest BCUT2D eigenvalue weighted by atomic mass is 9.97. The summed E-state index contributed by atoms with van der Waals surface area (Å²) in [6.45, 7) is 5.93. The monoisotopic (exact) mass is 363 g/mol. The summed E-state index contributed by atoms with van der Waals surface area (Å²) in [5.41, 5.74) is 1.04. The van der Waals surface area contributed by atoms with Crippen LogP contribution < -0.4 is 4.74 Å². The topological polar surface area (TPSA) is 65.4 Å². The molecule has 1 aromatic carbocycles. The van der Waals surface area contributed by atoms with Gasteiger partial charge in [0.2, 0.25) is 0 Å². The molecule has 2 atom stereocenters. The van der Waals surface area contributed by atoms with Crippen LogP contribution in [0.15, 0.2) is 23.2 Å². The van der Waals surface area contributed by atoms with Gasteiger partial charge in [-0.25, -0.2) is 0 Å². The lowest BCUT2D eigenvalue weighted by Gasteiger charge is -2.33. The zero-order chi connectivity index (χ0) is 18.0. The molecule has 3 rings (SSSR count). The molecular formula is C18H25N3O3S. The van der Waals surface area contributed by atoms with Crippen molar-refractivity contribution in [2.45, 2.75) is 18.6 Å². The Morgan fingerprint density at radius 3 is 2.76 bits per heavy atom. The average molecular weight is 363 g/mol. The summed E-state index contributed by atoms with van der Waals surface area (Å²) >= 11 is 1.59. The SMILES string of the molecule is COc1cc(CC(C)C2SC(N3CCN(C)CC3)=NC2=O)ccc1O. The third-order valence-corrected chi connectivity index (χ3v) is 6.25. The summed E-state index contributed by atoms with van der Waals surface area (Å²) in [6.07, 6.45) is 0.742. The van der Waals surface area contributed by atoms with Crippen LogP contribution in [-0.4, -0.2) is 71.6 Å². The van der Waals surface area contributed by atoms with Crippen LogP contribution in [-0.2, 0) is 11.2 Å². The quantitative estimate of drug-likeness (QED) is 0.880. The van der Waals surface area contributed by atoms with Crippen LogP contribution in [0.1, 0.15) is 12.5 Å². The van der Waals surface area contributed by atoms with Gasteiger partial charge in [-0.3, -0.25) is 4.79 Å². The molecule has 25 heavy (non-hydrogen) atoms. The highest BCUT2D eigenvalue weighted by molar-refractivity contribution is 8.15. The molecule has 0 aliphatic carbocycles. The maximum absolute atomic E-state index is 12.4. The molecule has 1 aromatic rings. The Morgan fingerprint density at radius 1 is 1.36 bits per heavy atom. The van der Waals surface area contributed by atoms with E-state index < -0.39 is 0 Å². The number of amidine groups is 1. The van der Waals surface area contributed by atoms with Crippen molar-refractivity contribution in [2.75, 3.05) is 40.3 Å². The first-order valence-electron chi connectivity index (χ1n) is 8.56. The smallest absolute Gasteiger partial charge is 0.261 e. The van der Waals surface area contributed by atoms with Gasteiger partial charge in [-0.1, -0.05) is 24.8 Å². The standard InChI is InChI=1S/C18H25N3O3S/c1-12(10-13-4-5-14(22)15(11-13)24-3)16-17(23)19-18(25-16)21-8-6-20(2)7-9-21/h4-5,11-12,16,22H,6-10H2,1-3H3. The number of aromatic hydroxyl groups is 1. The number of phenols is 1. The molecule has 1 N–H and O–H groups in total. The third kappa shape index (κ3) is 4.10. The normalized spacial score (nSPS) is 22.8. The van der Waals surface area contributed by atoms with Crippen molar-refractivity contribution >= 4 is 22.8 Å². The number of likely N-dealkylation sites (N-methyl/N-ethyl adjacent to an activating group) is 1. The number of hydrogen-bond donors (Lipinski definition) is 1. The predicted molar refractivity (Wildman–Crippen MR) is 100 cm³/mol. The van der Waals surface area contributed by atoms with E-state index in [1.807, 2.05) is 12.1 Å². The summed E-state index contributed by atoms with van der Waals surface area (Å²) in [7, 11) is 3.65. The molecule has 1 saturated heterocycles. The molecule has 2 aliphatic heterocycles. The fourth-order valence-electron chi connectivity index (χ4n) is 3.18. The molecule has 136 valence electrons. The first-order valence-corrected chi connectivity index (χ1v) is 9.44. The van der Waals surface area contributed by atoms with Crippen LogP contribution in [0.5, 0.6) is 11.5 Å². The van der Waals surface area contributed by atoms with Gasteiger partial charge in [0.05, 0.1) is 12.4 Å². The second-order valence-electron chi connectivity index (χ2n) is 6.75. The number of hydrogen-bond acceptors (Lipinski definition) is 6. The minimum absolute atomic E-state index is 0.0304. The Hall–Kier alpha value is -1.73. The van der Waals surface area contributed by atoms with Gasteiger partial charge in [0.25, 0.3) is 5.91 Å². The number of ether oxygens (including phenoxy) is 1. The van der Waals surface area contributed by atoms with Crippen LogP contribution in [0.4, 0.5) is 0 Å². The zero-order valence-corrected chi connectivity index (χ0v) is 15.8. The average Bonchev–Trinajstić information content (AvgIpc) is 2.99. The van der Waals surface area contributed by atoms with Crippen molar-refractivity contribution in [3.05, 3.63) is 23.8 Å². The molecular weight excluding hydrogens is 338 g/mol. The number of piperazine rings is 1. The Bertz CT molecular complexity index is 672. The molecule has 0 saturated carbocycles. The maximum atomic E-state index is 12.4. The number of phenolic OH excluding ortho intramolecular Hbond substituents is 1. The number of carbonyl (C=O) groups is 1. The maximum Gasteiger partial charge on any atom is 0.261 e. The fraction of sp³-hybridized carbons (Fsp3) is 0.556. The van der Waals surface area contributed by atoms with Gasteiger partial charge < -0.3 is 19.6 Å². The minimum atomic E-state index is -0.144. The van der Waals surface area contributed by atoms with Crippen LogP contribution in [0.3, 0.4) is 0 Å². The molecule has 6 nitrogen and oxygen atoms in total. The molecule has 2 heterocycles. The van der Waals surface area contributed by atoms with Gasteiger partial charge in [0.1, 0.15) is 0 Å². The van der Waals surface area contributed by atoms with E-state index in [-0.39, 0.29) is 22.8 Å². The molecule has 0 radical (unpaired) electrons. The Labute approximate surface area is 152 Å².